The molecular weight excluding hydrogens is 216 g/mol. The Morgan fingerprint density at radius 1 is 1.65 bits per heavy atom. The number of carbonyl (C=O) groups is 1. The van der Waals surface area contributed by atoms with Crippen LogP contribution < -0.4 is 11.1 Å². The summed E-state index contributed by atoms with van der Waals surface area (Å²) >= 11 is 0. The van der Waals surface area contributed by atoms with Crippen molar-refractivity contribution >= 4 is 5.91 Å². The number of rotatable bonds is 3. The molecule has 1 saturated carbocycles. The van der Waals surface area contributed by atoms with Gasteiger partial charge in [0, 0.05) is 25.2 Å². The van der Waals surface area contributed by atoms with Gasteiger partial charge in [-0.25, -0.2) is 0 Å². The van der Waals surface area contributed by atoms with E-state index in [1.807, 2.05) is 19.3 Å². The topological polar surface area (TPSA) is 72.9 Å². The minimum absolute atomic E-state index is 0.0856. The third kappa shape index (κ3) is 3.30. The minimum Gasteiger partial charge on any atom is -0.350 e. The lowest BCUT2D eigenvalue weighted by Crippen LogP contribution is -2.37. The van der Waals surface area contributed by atoms with Crippen LogP contribution in [0.25, 0.3) is 0 Å². The van der Waals surface area contributed by atoms with E-state index in [1.54, 1.807) is 4.68 Å². The van der Waals surface area contributed by atoms with E-state index >= 15 is 0 Å². The molecule has 0 radical (unpaired) electrons. The molecule has 5 heteroatoms. The zero-order valence-corrected chi connectivity index (χ0v) is 10.2. The molecule has 1 aliphatic rings. The van der Waals surface area contributed by atoms with Crippen molar-refractivity contribution in [1.29, 1.82) is 0 Å². The molecule has 2 rings (SSSR count). The summed E-state index contributed by atoms with van der Waals surface area (Å²) in [5.74, 6) is 0.202. The summed E-state index contributed by atoms with van der Waals surface area (Å²) < 4.78 is 1.73. The SMILES string of the molecule is Cn1ccc(CNC(=O)C2CCCC(N)C2)n1. The first kappa shape index (κ1) is 12.1. The summed E-state index contributed by atoms with van der Waals surface area (Å²) in [7, 11) is 1.87. The fraction of sp³-hybridized carbons (Fsp3) is 0.667. The molecule has 0 aliphatic heterocycles. The number of nitrogens with zero attached hydrogens (tertiary/aromatic N) is 2. The molecular formula is C12H20N4O. The third-order valence-electron chi connectivity index (χ3n) is 3.30. The lowest BCUT2D eigenvalue weighted by molar-refractivity contribution is -0.126. The Hall–Kier alpha value is -1.36. The van der Waals surface area contributed by atoms with Gasteiger partial charge in [-0.3, -0.25) is 9.48 Å². The van der Waals surface area contributed by atoms with Crippen molar-refractivity contribution in [2.24, 2.45) is 18.7 Å². The molecule has 1 aromatic heterocycles. The maximum Gasteiger partial charge on any atom is 0.223 e. The largest absolute Gasteiger partial charge is 0.350 e. The third-order valence-corrected chi connectivity index (χ3v) is 3.30. The molecule has 17 heavy (non-hydrogen) atoms. The second-order valence-corrected chi connectivity index (χ2v) is 4.82. The van der Waals surface area contributed by atoms with Crippen LogP contribution in [0.2, 0.25) is 0 Å². The maximum absolute atomic E-state index is 11.9. The number of nitrogens with one attached hydrogen (secondary N) is 1. The Morgan fingerprint density at radius 3 is 3.12 bits per heavy atom. The fourth-order valence-corrected chi connectivity index (χ4v) is 2.35. The molecule has 0 saturated heterocycles. The molecule has 5 nitrogen and oxygen atoms in total. The average molecular weight is 236 g/mol. The van der Waals surface area contributed by atoms with Crippen molar-refractivity contribution in [3.05, 3.63) is 18.0 Å². The first-order valence-electron chi connectivity index (χ1n) is 6.17. The van der Waals surface area contributed by atoms with Gasteiger partial charge in [-0.2, -0.15) is 5.10 Å². The maximum atomic E-state index is 11.9. The lowest BCUT2D eigenvalue weighted by Gasteiger charge is -2.25. The van der Waals surface area contributed by atoms with E-state index in [0.29, 0.717) is 6.54 Å². The standard InChI is InChI=1S/C12H20N4O/c1-16-6-5-11(15-16)8-14-12(17)9-3-2-4-10(13)7-9/h5-6,9-10H,2-4,7-8,13H2,1H3,(H,14,17). The molecule has 0 spiro atoms. The van der Waals surface area contributed by atoms with Crippen LogP contribution in [0.3, 0.4) is 0 Å². The zero-order valence-electron chi connectivity index (χ0n) is 10.2. The van der Waals surface area contributed by atoms with E-state index in [2.05, 4.69) is 10.4 Å². The number of aryl methyl sites for hydroxylation is 1. The summed E-state index contributed by atoms with van der Waals surface area (Å²) in [5.41, 5.74) is 6.77. The molecule has 1 amide bonds. The van der Waals surface area contributed by atoms with E-state index < -0.39 is 0 Å². The summed E-state index contributed by atoms with van der Waals surface area (Å²) in [6.45, 7) is 0.505. The normalized spacial score (nSPS) is 24.6. The van der Waals surface area contributed by atoms with Crippen LogP contribution in [0.5, 0.6) is 0 Å². The average Bonchev–Trinajstić information content (AvgIpc) is 2.72. The van der Waals surface area contributed by atoms with Crippen molar-refractivity contribution in [3.63, 3.8) is 0 Å². The predicted octanol–water partition coefficient (Wildman–Crippen LogP) is 0.554. The molecule has 1 aromatic rings. The van der Waals surface area contributed by atoms with Crippen LogP contribution in [0.15, 0.2) is 12.3 Å². The quantitative estimate of drug-likeness (QED) is 0.805. The summed E-state index contributed by atoms with van der Waals surface area (Å²) in [4.78, 5) is 11.9. The summed E-state index contributed by atoms with van der Waals surface area (Å²) in [5, 5.41) is 7.15. The van der Waals surface area contributed by atoms with Crippen molar-refractivity contribution in [2.75, 3.05) is 0 Å². The Morgan fingerprint density at radius 2 is 2.47 bits per heavy atom. The highest BCUT2D eigenvalue weighted by atomic mass is 16.1. The van der Waals surface area contributed by atoms with E-state index in [-0.39, 0.29) is 17.9 Å². The number of nitrogens with two attached hydrogens (primary N) is 1. The van der Waals surface area contributed by atoms with Gasteiger partial charge in [0.05, 0.1) is 12.2 Å². The Bertz CT molecular complexity index is 388. The number of amides is 1. The molecule has 1 heterocycles. The minimum atomic E-state index is 0.0856. The van der Waals surface area contributed by atoms with Gasteiger partial charge in [0.2, 0.25) is 5.91 Å². The van der Waals surface area contributed by atoms with Gasteiger partial charge in [0.1, 0.15) is 0 Å². The van der Waals surface area contributed by atoms with Crippen LogP contribution in [0.1, 0.15) is 31.4 Å². The van der Waals surface area contributed by atoms with Gasteiger partial charge in [-0.15, -0.1) is 0 Å². The summed E-state index contributed by atoms with van der Waals surface area (Å²) in [6.07, 6.45) is 5.75. The Kier molecular flexibility index (Phi) is 3.78. The lowest BCUT2D eigenvalue weighted by atomic mass is 9.85. The van der Waals surface area contributed by atoms with Gasteiger partial charge in [0.15, 0.2) is 0 Å². The van der Waals surface area contributed by atoms with Gasteiger partial charge < -0.3 is 11.1 Å². The molecule has 2 atom stereocenters. The number of aromatic nitrogens is 2. The summed E-state index contributed by atoms with van der Waals surface area (Å²) in [6, 6.07) is 2.10. The van der Waals surface area contributed by atoms with Crippen molar-refractivity contribution < 1.29 is 4.79 Å². The van der Waals surface area contributed by atoms with Crippen molar-refractivity contribution in [3.8, 4) is 0 Å². The highest BCUT2D eigenvalue weighted by molar-refractivity contribution is 5.78. The van der Waals surface area contributed by atoms with E-state index in [1.165, 1.54) is 0 Å². The molecule has 0 aromatic carbocycles. The van der Waals surface area contributed by atoms with E-state index in [0.717, 1.165) is 31.4 Å². The number of hydrogen-bond acceptors (Lipinski definition) is 3. The monoisotopic (exact) mass is 236 g/mol. The fourth-order valence-electron chi connectivity index (χ4n) is 2.35. The Balaban J connectivity index is 1.80. The first-order valence-corrected chi connectivity index (χ1v) is 6.17. The highest BCUT2D eigenvalue weighted by Crippen LogP contribution is 2.23. The molecule has 94 valence electrons. The van der Waals surface area contributed by atoms with Crippen LogP contribution in [0.4, 0.5) is 0 Å². The second-order valence-electron chi connectivity index (χ2n) is 4.82. The van der Waals surface area contributed by atoms with E-state index in [9.17, 15) is 4.79 Å². The highest BCUT2D eigenvalue weighted by Gasteiger charge is 2.24. The van der Waals surface area contributed by atoms with Gasteiger partial charge in [-0.1, -0.05) is 6.42 Å². The zero-order chi connectivity index (χ0) is 12.3. The second kappa shape index (κ2) is 5.31. The number of carbonyl (C=O) groups excluding carboxylic acids is 1. The van der Waals surface area contributed by atoms with Gasteiger partial charge in [0.25, 0.3) is 0 Å². The van der Waals surface area contributed by atoms with Gasteiger partial charge >= 0.3 is 0 Å². The van der Waals surface area contributed by atoms with Crippen molar-refractivity contribution in [2.45, 2.75) is 38.3 Å². The van der Waals surface area contributed by atoms with E-state index in [4.69, 9.17) is 5.73 Å². The van der Waals surface area contributed by atoms with Crippen LogP contribution in [0, 0.1) is 5.92 Å². The predicted molar refractivity (Wildman–Crippen MR) is 65.0 cm³/mol. The molecule has 0 bridgehead atoms. The van der Waals surface area contributed by atoms with Crippen LogP contribution >= 0.6 is 0 Å². The van der Waals surface area contributed by atoms with Gasteiger partial charge in [-0.05, 0) is 25.3 Å². The van der Waals surface area contributed by atoms with Crippen molar-refractivity contribution in [1.82, 2.24) is 15.1 Å². The molecule has 1 fully saturated rings. The molecule has 3 N–H and O–H groups in total. The Labute approximate surface area is 101 Å². The van der Waals surface area contributed by atoms with Crippen LogP contribution in [-0.2, 0) is 18.4 Å². The number of hydrogen-bond donors (Lipinski definition) is 2. The van der Waals surface area contributed by atoms with Crippen LogP contribution in [-0.4, -0.2) is 21.7 Å². The molecule has 1 aliphatic carbocycles. The smallest absolute Gasteiger partial charge is 0.223 e. The molecule has 2 unspecified atom stereocenters. The first-order chi connectivity index (χ1) is 8.15.